The van der Waals surface area contributed by atoms with Crippen LogP contribution in [0.3, 0.4) is 0 Å². The zero-order valence-corrected chi connectivity index (χ0v) is 13.9. The van der Waals surface area contributed by atoms with Crippen LogP contribution in [0.15, 0.2) is 29.4 Å². The van der Waals surface area contributed by atoms with Gasteiger partial charge in [-0.25, -0.2) is 10.1 Å². The molecule has 0 saturated carbocycles. The summed E-state index contributed by atoms with van der Waals surface area (Å²) in [5.74, 6) is 0.845. The minimum Gasteiger partial charge on any atom is -0.504 e. The zero-order chi connectivity index (χ0) is 17.8. The molecule has 0 aliphatic heterocycles. The number of anilines is 1. The number of ether oxygens (including phenoxy) is 1. The third-order valence-electron chi connectivity index (χ3n) is 3.25. The van der Waals surface area contributed by atoms with Crippen LogP contribution in [0.5, 0.6) is 11.5 Å². The first-order valence-electron chi connectivity index (χ1n) is 7.34. The van der Waals surface area contributed by atoms with Crippen LogP contribution >= 0.6 is 0 Å². The molecule has 0 aliphatic rings. The summed E-state index contributed by atoms with van der Waals surface area (Å²) in [6.45, 7) is 3.78. The first-order chi connectivity index (χ1) is 12.1. The molecule has 3 aromatic rings. The molecule has 2 N–H and O–H groups in total. The van der Waals surface area contributed by atoms with E-state index in [1.807, 2.05) is 19.9 Å². The highest BCUT2D eigenvalue weighted by Gasteiger charge is 2.08. The molecule has 0 fully saturated rings. The molecule has 0 bridgehead atoms. The maximum atomic E-state index is 9.55. The van der Waals surface area contributed by atoms with Gasteiger partial charge >= 0.3 is 0 Å². The normalized spacial score (nSPS) is 11.0. The second-order valence-electron chi connectivity index (χ2n) is 5.16. The molecule has 1 aromatic carbocycles. The standard InChI is InChI=1S/C15H16N8O2/c1-9-6-10(2)23(22-9)15-20-18-14(19-21-15)17-16-8-11-4-5-12(24)13(7-11)25-3/h4-8,24H,1-3H3,(H,17,18,19). The molecular formula is C15H16N8O2. The Morgan fingerprint density at radius 3 is 2.56 bits per heavy atom. The summed E-state index contributed by atoms with van der Waals surface area (Å²) in [6.07, 6.45) is 1.53. The van der Waals surface area contributed by atoms with Crippen molar-refractivity contribution < 1.29 is 9.84 Å². The predicted molar refractivity (Wildman–Crippen MR) is 90.1 cm³/mol. The van der Waals surface area contributed by atoms with E-state index in [0.717, 1.165) is 17.0 Å². The van der Waals surface area contributed by atoms with Gasteiger partial charge in [-0.05, 0) is 43.7 Å². The molecule has 10 heteroatoms. The maximum Gasteiger partial charge on any atom is 0.289 e. The molecule has 0 atom stereocenters. The van der Waals surface area contributed by atoms with E-state index >= 15 is 0 Å². The number of aryl methyl sites for hydroxylation is 2. The fraction of sp³-hybridized carbons (Fsp3) is 0.200. The first-order valence-corrected chi connectivity index (χ1v) is 7.34. The van der Waals surface area contributed by atoms with E-state index in [-0.39, 0.29) is 17.6 Å². The van der Waals surface area contributed by atoms with Crippen molar-refractivity contribution in [1.82, 2.24) is 30.2 Å². The van der Waals surface area contributed by atoms with E-state index < -0.39 is 0 Å². The topological polar surface area (TPSA) is 123 Å². The maximum absolute atomic E-state index is 9.55. The molecule has 0 aliphatic carbocycles. The lowest BCUT2D eigenvalue weighted by molar-refractivity contribution is 0.373. The summed E-state index contributed by atoms with van der Waals surface area (Å²) in [7, 11) is 1.48. The van der Waals surface area contributed by atoms with Crippen molar-refractivity contribution in [3.05, 3.63) is 41.2 Å². The average molecular weight is 340 g/mol. The summed E-state index contributed by atoms with van der Waals surface area (Å²) < 4.78 is 6.59. The number of nitrogens with zero attached hydrogens (tertiary/aromatic N) is 7. The summed E-state index contributed by atoms with van der Waals surface area (Å²) in [5.41, 5.74) is 5.11. The number of nitrogens with one attached hydrogen (secondary N) is 1. The van der Waals surface area contributed by atoms with Crippen LogP contribution < -0.4 is 10.2 Å². The van der Waals surface area contributed by atoms with E-state index in [1.54, 1.807) is 16.8 Å². The van der Waals surface area contributed by atoms with Gasteiger partial charge < -0.3 is 9.84 Å². The highest BCUT2D eigenvalue weighted by molar-refractivity contribution is 5.81. The van der Waals surface area contributed by atoms with Gasteiger partial charge in [-0.1, -0.05) is 0 Å². The molecule has 2 heterocycles. The molecule has 3 rings (SSSR count). The van der Waals surface area contributed by atoms with Gasteiger partial charge in [0, 0.05) is 5.69 Å². The molecule has 0 amide bonds. The Labute approximate surface area is 143 Å². The van der Waals surface area contributed by atoms with Crippen molar-refractivity contribution >= 4 is 12.2 Å². The smallest absolute Gasteiger partial charge is 0.289 e. The number of aromatic hydroxyl groups is 1. The number of aromatic nitrogens is 6. The molecule has 0 saturated heterocycles. The van der Waals surface area contributed by atoms with Crippen molar-refractivity contribution in [3.8, 4) is 17.4 Å². The van der Waals surface area contributed by atoms with Gasteiger partial charge in [-0.3, -0.25) is 0 Å². The summed E-state index contributed by atoms with van der Waals surface area (Å²) >= 11 is 0. The van der Waals surface area contributed by atoms with E-state index in [2.05, 4.69) is 36.0 Å². The van der Waals surface area contributed by atoms with Crippen molar-refractivity contribution in [2.75, 3.05) is 12.5 Å². The third kappa shape index (κ3) is 3.68. The molecule has 2 aromatic heterocycles. The van der Waals surface area contributed by atoms with Crippen molar-refractivity contribution in [2.45, 2.75) is 13.8 Å². The Hall–Kier alpha value is -3.56. The van der Waals surface area contributed by atoms with Crippen molar-refractivity contribution in [2.24, 2.45) is 5.10 Å². The number of benzene rings is 1. The van der Waals surface area contributed by atoms with Gasteiger partial charge in [0.05, 0.1) is 19.0 Å². The molecule has 0 spiro atoms. The lowest BCUT2D eigenvalue weighted by Gasteiger charge is -2.03. The van der Waals surface area contributed by atoms with Crippen LogP contribution in [-0.2, 0) is 0 Å². The number of hydrogen-bond acceptors (Lipinski definition) is 9. The third-order valence-corrected chi connectivity index (χ3v) is 3.25. The van der Waals surface area contributed by atoms with Crippen LogP contribution in [-0.4, -0.2) is 48.6 Å². The van der Waals surface area contributed by atoms with Gasteiger partial charge in [0.25, 0.3) is 11.9 Å². The summed E-state index contributed by atoms with van der Waals surface area (Å²) in [5, 5.41) is 33.6. The molecule has 10 nitrogen and oxygen atoms in total. The van der Waals surface area contributed by atoms with Crippen molar-refractivity contribution in [1.29, 1.82) is 0 Å². The fourth-order valence-corrected chi connectivity index (χ4v) is 2.12. The van der Waals surface area contributed by atoms with E-state index in [0.29, 0.717) is 5.75 Å². The molecular weight excluding hydrogens is 324 g/mol. The monoisotopic (exact) mass is 340 g/mol. The Bertz CT molecular complexity index is 904. The van der Waals surface area contributed by atoms with Crippen LogP contribution in [0.25, 0.3) is 5.95 Å². The van der Waals surface area contributed by atoms with Crippen LogP contribution in [0.2, 0.25) is 0 Å². The fourth-order valence-electron chi connectivity index (χ4n) is 2.12. The molecule has 0 radical (unpaired) electrons. The number of methoxy groups -OCH3 is 1. The second kappa shape index (κ2) is 6.91. The SMILES string of the molecule is COc1cc(C=NNc2nnc(-n3nc(C)cc3C)nn2)ccc1O. The van der Waals surface area contributed by atoms with Gasteiger partial charge in [0.15, 0.2) is 11.5 Å². The van der Waals surface area contributed by atoms with E-state index in [4.69, 9.17) is 4.74 Å². The van der Waals surface area contributed by atoms with Crippen LogP contribution in [0.4, 0.5) is 5.95 Å². The zero-order valence-electron chi connectivity index (χ0n) is 13.9. The molecule has 0 unspecified atom stereocenters. The number of rotatable bonds is 5. The van der Waals surface area contributed by atoms with Gasteiger partial charge in [0.1, 0.15) is 0 Å². The summed E-state index contributed by atoms with van der Waals surface area (Å²) in [4.78, 5) is 0. The number of phenolic OH excluding ortho intramolecular Hbond substituents is 1. The first kappa shape index (κ1) is 16.3. The number of phenols is 1. The van der Waals surface area contributed by atoms with Gasteiger partial charge in [-0.2, -0.15) is 10.2 Å². The van der Waals surface area contributed by atoms with Crippen LogP contribution in [0.1, 0.15) is 17.0 Å². The van der Waals surface area contributed by atoms with E-state index in [9.17, 15) is 5.11 Å². The van der Waals surface area contributed by atoms with Gasteiger partial charge in [0.2, 0.25) is 0 Å². The predicted octanol–water partition coefficient (Wildman–Crippen LogP) is 1.23. The Morgan fingerprint density at radius 1 is 1.16 bits per heavy atom. The second-order valence-corrected chi connectivity index (χ2v) is 5.16. The highest BCUT2D eigenvalue weighted by Crippen LogP contribution is 2.25. The number of hydrazone groups is 1. The minimum atomic E-state index is 0.0593. The minimum absolute atomic E-state index is 0.0593. The largest absolute Gasteiger partial charge is 0.504 e. The van der Waals surface area contributed by atoms with Gasteiger partial charge in [-0.15, -0.1) is 20.4 Å². The Balaban J connectivity index is 1.68. The average Bonchev–Trinajstić information content (AvgIpc) is 2.95. The molecule has 25 heavy (non-hydrogen) atoms. The van der Waals surface area contributed by atoms with Crippen LogP contribution in [0, 0.1) is 13.8 Å². The number of hydrogen-bond donors (Lipinski definition) is 2. The molecule has 128 valence electrons. The van der Waals surface area contributed by atoms with Crippen molar-refractivity contribution in [3.63, 3.8) is 0 Å². The Morgan fingerprint density at radius 2 is 1.92 bits per heavy atom. The Kier molecular flexibility index (Phi) is 4.50. The quantitative estimate of drug-likeness (QED) is 0.525. The van der Waals surface area contributed by atoms with E-state index in [1.165, 1.54) is 19.4 Å². The lowest BCUT2D eigenvalue weighted by Crippen LogP contribution is -2.10. The summed E-state index contributed by atoms with van der Waals surface area (Å²) in [6, 6.07) is 6.75. The lowest BCUT2D eigenvalue weighted by atomic mass is 10.2. The highest BCUT2D eigenvalue weighted by atomic mass is 16.5.